The molecule has 2 aromatic rings. The average Bonchev–Trinajstić information content (AvgIpc) is 3.37. The first-order chi connectivity index (χ1) is 11.8. The summed E-state index contributed by atoms with van der Waals surface area (Å²) in [5.74, 6) is 1.09. The van der Waals surface area contributed by atoms with Crippen molar-refractivity contribution in [3.8, 4) is 0 Å². The Hall–Kier alpha value is -1.84. The van der Waals surface area contributed by atoms with E-state index < -0.39 is 0 Å². The molecule has 1 aromatic heterocycles. The van der Waals surface area contributed by atoms with Crippen LogP contribution in [-0.2, 0) is 11.2 Å². The highest BCUT2D eigenvalue weighted by molar-refractivity contribution is 5.86. The van der Waals surface area contributed by atoms with Gasteiger partial charge in [0.1, 0.15) is 5.69 Å². The number of hydrogen-bond acceptors (Lipinski definition) is 3. The molecule has 0 N–H and O–H groups in total. The Bertz CT molecular complexity index is 711. The number of carbonyl (C=O) groups is 1. The number of hydrogen-bond donors (Lipinski definition) is 0. The lowest BCUT2D eigenvalue weighted by Crippen LogP contribution is -2.44. The number of rotatable bonds is 5. The Kier molecular flexibility index (Phi) is 4.30. The van der Waals surface area contributed by atoms with Crippen LogP contribution in [0.1, 0.15) is 57.6 Å². The molecule has 0 atom stereocenters. The van der Waals surface area contributed by atoms with E-state index in [-0.39, 0.29) is 5.91 Å². The molecule has 1 amide bonds. The van der Waals surface area contributed by atoms with Crippen LogP contribution >= 0.6 is 0 Å². The van der Waals surface area contributed by atoms with Gasteiger partial charge in [-0.25, -0.2) is 0 Å². The van der Waals surface area contributed by atoms with Crippen molar-refractivity contribution >= 4 is 16.9 Å². The van der Waals surface area contributed by atoms with Crippen molar-refractivity contribution in [1.82, 2.24) is 10.1 Å². The topological polar surface area (TPSA) is 46.3 Å². The van der Waals surface area contributed by atoms with Crippen LogP contribution in [0.2, 0.25) is 0 Å². The Morgan fingerprint density at radius 3 is 2.46 bits per heavy atom. The van der Waals surface area contributed by atoms with Gasteiger partial charge in [-0.05, 0) is 56.6 Å². The predicted molar refractivity (Wildman–Crippen MR) is 93.6 cm³/mol. The highest BCUT2D eigenvalue weighted by Gasteiger charge is 2.38. The van der Waals surface area contributed by atoms with E-state index in [0.717, 1.165) is 22.6 Å². The van der Waals surface area contributed by atoms with Crippen molar-refractivity contribution in [3.05, 3.63) is 30.0 Å². The summed E-state index contributed by atoms with van der Waals surface area (Å²) >= 11 is 0. The van der Waals surface area contributed by atoms with Crippen LogP contribution in [0.3, 0.4) is 0 Å². The Morgan fingerprint density at radius 2 is 1.79 bits per heavy atom. The van der Waals surface area contributed by atoms with E-state index in [4.69, 9.17) is 4.52 Å². The number of fused-ring (bicyclic) bond motifs is 1. The second kappa shape index (κ2) is 6.58. The van der Waals surface area contributed by atoms with Gasteiger partial charge in [-0.15, -0.1) is 0 Å². The summed E-state index contributed by atoms with van der Waals surface area (Å²) in [5, 5.41) is 5.11. The second-order valence-electron chi connectivity index (χ2n) is 7.42. The zero-order chi connectivity index (χ0) is 16.5. The molecule has 1 heterocycles. The van der Waals surface area contributed by atoms with Gasteiger partial charge in [0.2, 0.25) is 5.91 Å². The van der Waals surface area contributed by atoms with Crippen molar-refractivity contribution < 1.29 is 9.32 Å². The lowest BCUT2D eigenvalue weighted by atomic mass is 9.83. The largest absolute Gasteiger partial charge is 0.356 e. The minimum absolute atomic E-state index is 0.233. The van der Waals surface area contributed by atoms with E-state index in [9.17, 15) is 4.79 Å². The maximum atomic E-state index is 13.0. The lowest BCUT2D eigenvalue weighted by molar-refractivity contribution is -0.134. The standard InChI is InChI=1S/C20H26N2O2/c1-2-14-7-9-15(10-8-14)22(16-11-12-16)20(23)13-18-17-5-3-4-6-19(17)24-21-18/h3-6,14-16H,2,7-13H2,1H3. The summed E-state index contributed by atoms with van der Waals surface area (Å²) in [6, 6.07) is 8.70. The van der Waals surface area contributed by atoms with Crippen molar-refractivity contribution in [2.45, 2.75) is 70.4 Å². The fraction of sp³-hybridized carbons (Fsp3) is 0.600. The molecular formula is C20H26N2O2. The number of aromatic nitrogens is 1. The minimum Gasteiger partial charge on any atom is -0.356 e. The van der Waals surface area contributed by atoms with Gasteiger partial charge in [0.25, 0.3) is 0 Å². The molecule has 1 aromatic carbocycles. The van der Waals surface area contributed by atoms with Crippen molar-refractivity contribution in [3.63, 3.8) is 0 Å². The molecule has 0 bridgehead atoms. The molecule has 24 heavy (non-hydrogen) atoms. The summed E-state index contributed by atoms with van der Waals surface area (Å²) in [6.45, 7) is 2.28. The molecule has 4 nitrogen and oxygen atoms in total. The zero-order valence-corrected chi connectivity index (χ0v) is 14.4. The van der Waals surface area contributed by atoms with Gasteiger partial charge in [-0.2, -0.15) is 0 Å². The first-order valence-corrected chi connectivity index (χ1v) is 9.40. The molecule has 4 rings (SSSR count). The molecule has 0 radical (unpaired) electrons. The predicted octanol–water partition coefficient (Wildman–Crippen LogP) is 4.33. The summed E-state index contributed by atoms with van der Waals surface area (Å²) in [6.07, 6.45) is 8.84. The van der Waals surface area contributed by atoms with Gasteiger partial charge in [0, 0.05) is 17.5 Å². The zero-order valence-electron chi connectivity index (χ0n) is 14.4. The Morgan fingerprint density at radius 1 is 1.12 bits per heavy atom. The second-order valence-corrected chi connectivity index (χ2v) is 7.42. The molecule has 0 aliphatic heterocycles. The normalized spacial score (nSPS) is 24.2. The molecule has 0 saturated heterocycles. The van der Waals surface area contributed by atoms with E-state index in [1.807, 2.05) is 24.3 Å². The Labute approximate surface area is 143 Å². The lowest BCUT2D eigenvalue weighted by Gasteiger charge is -2.37. The van der Waals surface area contributed by atoms with Crippen LogP contribution < -0.4 is 0 Å². The number of para-hydroxylation sites is 1. The van der Waals surface area contributed by atoms with Gasteiger partial charge < -0.3 is 9.42 Å². The quantitative estimate of drug-likeness (QED) is 0.821. The van der Waals surface area contributed by atoms with Gasteiger partial charge in [-0.3, -0.25) is 4.79 Å². The highest BCUT2D eigenvalue weighted by Crippen LogP contribution is 2.36. The smallest absolute Gasteiger partial charge is 0.229 e. The molecule has 0 spiro atoms. The molecule has 2 aliphatic rings. The van der Waals surface area contributed by atoms with Gasteiger partial charge in [0.15, 0.2) is 5.58 Å². The van der Waals surface area contributed by atoms with Gasteiger partial charge in [0.05, 0.1) is 6.42 Å². The maximum Gasteiger partial charge on any atom is 0.229 e. The van der Waals surface area contributed by atoms with Crippen LogP contribution in [0, 0.1) is 5.92 Å². The third kappa shape index (κ3) is 3.06. The summed E-state index contributed by atoms with van der Waals surface area (Å²) < 4.78 is 5.36. The Balaban J connectivity index is 1.48. The van der Waals surface area contributed by atoms with Crippen LogP contribution in [0.25, 0.3) is 11.0 Å². The number of amides is 1. The minimum atomic E-state index is 0.233. The van der Waals surface area contributed by atoms with Crippen molar-refractivity contribution in [1.29, 1.82) is 0 Å². The fourth-order valence-corrected chi connectivity index (χ4v) is 4.19. The third-order valence-electron chi connectivity index (χ3n) is 5.79. The third-order valence-corrected chi connectivity index (χ3v) is 5.79. The number of benzene rings is 1. The summed E-state index contributed by atoms with van der Waals surface area (Å²) in [4.78, 5) is 15.2. The van der Waals surface area contributed by atoms with Crippen molar-refractivity contribution in [2.75, 3.05) is 0 Å². The average molecular weight is 326 g/mol. The first kappa shape index (κ1) is 15.7. The molecule has 4 heteroatoms. The molecule has 128 valence electrons. The molecule has 2 saturated carbocycles. The van der Waals surface area contributed by atoms with Crippen LogP contribution in [0.5, 0.6) is 0 Å². The molecule has 2 aliphatic carbocycles. The summed E-state index contributed by atoms with van der Waals surface area (Å²) in [7, 11) is 0. The highest BCUT2D eigenvalue weighted by atomic mass is 16.5. The number of nitrogens with zero attached hydrogens (tertiary/aromatic N) is 2. The van der Waals surface area contributed by atoms with E-state index in [1.165, 1.54) is 44.9 Å². The van der Waals surface area contributed by atoms with Crippen LogP contribution in [0.15, 0.2) is 28.8 Å². The van der Waals surface area contributed by atoms with E-state index >= 15 is 0 Å². The van der Waals surface area contributed by atoms with Gasteiger partial charge in [-0.1, -0.05) is 30.6 Å². The number of carbonyl (C=O) groups excluding carboxylic acids is 1. The van der Waals surface area contributed by atoms with Crippen LogP contribution in [0.4, 0.5) is 0 Å². The van der Waals surface area contributed by atoms with Crippen molar-refractivity contribution in [2.24, 2.45) is 5.92 Å². The maximum absolute atomic E-state index is 13.0. The summed E-state index contributed by atoms with van der Waals surface area (Å²) in [5.41, 5.74) is 1.55. The van der Waals surface area contributed by atoms with Crippen LogP contribution in [-0.4, -0.2) is 28.0 Å². The first-order valence-electron chi connectivity index (χ1n) is 9.40. The van der Waals surface area contributed by atoms with E-state index in [1.54, 1.807) is 0 Å². The molecule has 2 fully saturated rings. The van der Waals surface area contributed by atoms with Gasteiger partial charge >= 0.3 is 0 Å². The SMILES string of the molecule is CCC1CCC(N(C(=O)Cc2noc3ccccc23)C2CC2)CC1. The monoisotopic (exact) mass is 326 g/mol. The van der Waals surface area contributed by atoms with E-state index in [2.05, 4.69) is 17.0 Å². The molecular weight excluding hydrogens is 300 g/mol. The fourth-order valence-electron chi connectivity index (χ4n) is 4.19. The van der Waals surface area contributed by atoms with E-state index in [0.29, 0.717) is 18.5 Å². The molecule has 0 unspecified atom stereocenters.